The monoisotopic (exact) mass is 407 g/mol. The largest absolute Gasteiger partial charge is 0.350 e. The zero-order valence-electron chi connectivity index (χ0n) is 12.9. The zero-order chi connectivity index (χ0) is 17.8. The summed E-state index contributed by atoms with van der Waals surface area (Å²) in [4.78, 5) is 8.16. The molecule has 1 aromatic heterocycles. The molecular weight excluding hydrogens is 395 g/mol. The van der Waals surface area contributed by atoms with E-state index in [0.717, 1.165) is 10.0 Å². The molecule has 0 radical (unpaired) electrons. The third-order valence-electron chi connectivity index (χ3n) is 3.47. The zero-order valence-corrected chi connectivity index (χ0v) is 14.5. The maximum Gasteiger partial charge on any atom is 0.280 e. The molecule has 2 aromatic carbocycles. The summed E-state index contributed by atoms with van der Waals surface area (Å²) in [5, 5.41) is 2.91. The predicted octanol–water partition coefficient (Wildman–Crippen LogP) is 5.59. The molecule has 0 fully saturated rings. The van der Waals surface area contributed by atoms with Crippen LogP contribution in [-0.4, -0.2) is 9.97 Å². The standard InChI is InChI=1S/C18H13BrF3N3/c19-13-5-3-12(4-6-13)15-9-16(17(21)22)25-18(24-15)23-10-11-1-7-14(20)8-2-11/h1-9,17H,10H2,(H,23,24,25). The maximum absolute atomic E-state index is 13.1. The molecule has 0 saturated heterocycles. The molecule has 0 saturated carbocycles. The van der Waals surface area contributed by atoms with Gasteiger partial charge in [0.1, 0.15) is 11.5 Å². The second-order valence-electron chi connectivity index (χ2n) is 5.29. The lowest BCUT2D eigenvalue weighted by molar-refractivity contribution is 0.146. The Morgan fingerprint density at radius 2 is 1.64 bits per heavy atom. The van der Waals surface area contributed by atoms with Crippen LogP contribution in [0.15, 0.2) is 59.1 Å². The number of anilines is 1. The van der Waals surface area contributed by atoms with Gasteiger partial charge in [0.15, 0.2) is 0 Å². The minimum absolute atomic E-state index is 0.0973. The quantitative estimate of drug-likeness (QED) is 0.598. The van der Waals surface area contributed by atoms with E-state index in [1.54, 1.807) is 24.3 Å². The van der Waals surface area contributed by atoms with Gasteiger partial charge in [-0.15, -0.1) is 0 Å². The Labute approximate surface area is 151 Å². The van der Waals surface area contributed by atoms with E-state index in [1.165, 1.54) is 18.2 Å². The highest BCUT2D eigenvalue weighted by molar-refractivity contribution is 9.10. The molecule has 0 spiro atoms. The fourth-order valence-corrected chi connectivity index (χ4v) is 2.47. The molecule has 1 heterocycles. The number of alkyl halides is 2. The summed E-state index contributed by atoms with van der Waals surface area (Å²) in [5.41, 5.74) is 1.55. The van der Waals surface area contributed by atoms with Gasteiger partial charge in [0, 0.05) is 16.6 Å². The van der Waals surface area contributed by atoms with Crippen molar-refractivity contribution in [2.45, 2.75) is 13.0 Å². The van der Waals surface area contributed by atoms with Crippen molar-refractivity contribution in [3.63, 3.8) is 0 Å². The van der Waals surface area contributed by atoms with Gasteiger partial charge in [0.25, 0.3) is 6.43 Å². The Kier molecular flexibility index (Phi) is 5.33. The van der Waals surface area contributed by atoms with Crippen LogP contribution in [0.5, 0.6) is 0 Å². The van der Waals surface area contributed by atoms with Crippen molar-refractivity contribution in [2.24, 2.45) is 0 Å². The lowest BCUT2D eigenvalue weighted by atomic mass is 10.1. The molecule has 0 aliphatic rings. The number of hydrogen-bond donors (Lipinski definition) is 1. The summed E-state index contributed by atoms with van der Waals surface area (Å²) in [6.07, 6.45) is -2.71. The average Bonchev–Trinajstić information content (AvgIpc) is 2.61. The number of nitrogens with one attached hydrogen (secondary N) is 1. The van der Waals surface area contributed by atoms with Crippen LogP contribution in [0.4, 0.5) is 19.1 Å². The lowest BCUT2D eigenvalue weighted by Crippen LogP contribution is -2.06. The second kappa shape index (κ2) is 7.65. The Bertz CT molecular complexity index is 852. The normalized spacial score (nSPS) is 10.9. The first-order valence-corrected chi connectivity index (χ1v) is 8.22. The smallest absolute Gasteiger partial charge is 0.280 e. The molecule has 1 N–H and O–H groups in total. The first-order chi connectivity index (χ1) is 12.0. The Hall–Kier alpha value is -2.41. The van der Waals surface area contributed by atoms with Gasteiger partial charge in [0.05, 0.1) is 5.69 Å². The van der Waals surface area contributed by atoms with Crippen molar-refractivity contribution in [1.82, 2.24) is 9.97 Å². The molecule has 3 rings (SSSR count). The number of aromatic nitrogens is 2. The fourth-order valence-electron chi connectivity index (χ4n) is 2.21. The summed E-state index contributed by atoms with van der Waals surface area (Å²) in [7, 11) is 0. The molecule has 25 heavy (non-hydrogen) atoms. The van der Waals surface area contributed by atoms with Crippen molar-refractivity contribution in [1.29, 1.82) is 0 Å². The van der Waals surface area contributed by atoms with Gasteiger partial charge in [0.2, 0.25) is 5.95 Å². The molecule has 0 aliphatic heterocycles. The molecular formula is C18H13BrF3N3. The number of benzene rings is 2. The van der Waals surface area contributed by atoms with E-state index in [-0.39, 0.29) is 17.5 Å². The van der Waals surface area contributed by atoms with Crippen molar-refractivity contribution >= 4 is 21.9 Å². The van der Waals surface area contributed by atoms with Crippen LogP contribution >= 0.6 is 15.9 Å². The van der Waals surface area contributed by atoms with E-state index >= 15 is 0 Å². The Morgan fingerprint density at radius 1 is 0.960 bits per heavy atom. The van der Waals surface area contributed by atoms with Crippen LogP contribution in [0, 0.1) is 5.82 Å². The minimum Gasteiger partial charge on any atom is -0.350 e. The lowest BCUT2D eigenvalue weighted by Gasteiger charge is -2.10. The molecule has 7 heteroatoms. The number of halogens is 4. The molecule has 3 aromatic rings. The highest BCUT2D eigenvalue weighted by atomic mass is 79.9. The predicted molar refractivity (Wildman–Crippen MR) is 93.9 cm³/mol. The molecule has 128 valence electrons. The van der Waals surface area contributed by atoms with Gasteiger partial charge < -0.3 is 5.32 Å². The average molecular weight is 408 g/mol. The SMILES string of the molecule is Fc1ccc(CNc2nc(-c3ccc(Br)cc3)cc(C(F)F)n2)cc1. The van der Waals surface area contributed by atoms with Gasteiger partial charge in [-0.2, -0.15) is 0 Å². The van der Waals surface area contributed by atoms with Gasteiger partial charge in [-0.25, -0.2) is 23.1 Å². The third kappa shape index (κ3) is 4.57. The molecule has 0 bridgehead atoms. The van der Waals surface area contributed by atoms with E-state index < -0.39 is 6.43 Å². The number of hydrogen-bond acceptors (Lipinski definition) is 3. The topological polar surface area (TPSA) is 37.8 Å². The van der Waals surface area contributed by atoms with E-state index in [9.17, 15) is 13.2 Å². The summed E-state index contributed by atoms with van der Waals surface area (Å²) in [6, 6.07) is 14.3. The van der Waals surface area contributed by atoms with Crippen molar-refractivity contribution in [3.8, 4) is 11.3 Å². The van der Waals surface area contributed by atoms with Crippen LogP contribution < -0.4 is 5.32 Å². The van der Waals surface area contributed by atoms with Crippen LogP contribution in [0.1, 0.15) is 17.7 Å². The van der Waals surface area contributed by atoms with Gasteiger partial charge in [-0.3, -0.25) is 0 Å². The summed E-state index contributed by atoms with van der Waals surface area (Å²) in [6.45, 7) is 0.298. The highest BCUT2D eigenvalue weighted by Gasteiger charge is 2.14. The first kappa shape index (κ1) is 17.4. The molecule has 3 nitrogen and oxygen atoms in total. The van der Waals surface area contributed by atoms with Crippen LogP contribution in [-0.2, 0) is 6.54 Å². The molecule has 0 amide bonds. The Morgan fingerprint density at radius 3 is 2.28 bits per heavy atom. The third-order valence-corrected chi connectivity index (χ3v) is 4.00. The van der Waals surface area contributed by atoms with E-state index in [1.807, 2.05) is 12.1 Å². The second-order valence-corrected chi connectivity index (χ2v) is 6.20. The number of rotatable bonds is 5. The fraction of sp³-hybridized carbons (Fsp3) is 0.111. The number of nitrogens with zero attached hydrogens (tertiary/aromatic N) is 2. The van der Waals surface area contributed by atoms with Crippen molar-refractivity contribution < 1.29 is 13.2 Å². The summed E-state index contributed by atoms with van der Waals surface area (Å²) in [5.74, 6) is -0.239. The van der Waals surface area contributed by atoms with Gasteiger partial charge >= 0.3 is 0 Å². The highest BCUT2D eigenvalue weighted by Crippen LogP contribution is 2.26. The van der Waals surface area contributed by atoms with Gasteiger partial charge in [-0.05, 0) is 35.9 Å². The minimum atomic E-state index is -2.71. The molecule has 0 atom stereocenters. The van der Waals surface area contributed by atoms with Crippen LogP contribution in [0.2, 0.25) is 0 Å². The van der Waals surface area contributed by atoms with Gasteiger partial charge in [-0.1, -0.05) is 40.2 Å². The molecule has 0 unspecified atom stereocenters. The first-order valence-electron chi connectivity index (χ1n) is 7.42. The van der Waals surface area contributed by atoms with E-state index in [2.05, 4.69) is 31.2 Å². The Balaban J connectivity index is 1.87. The summed E-state index contributed by atoms with van der Waals surface area (Å²) >= 11 is 3.33. The molecule has 0 aliphatic carbocycles. The van der Waals surface area contributed by atoms with Crippen LogP contribution in [0.25, 0.3) is 11.3 Å². The summed E-state index contributed by atoms with van der Waals surface area (Å²) < 4.78 is 40.1. The van der Waals surface area contributed by atoms with E-state index in [0.29, 0.717) is 17.8 Å². The maximum atomic E-state index is 13.1. The van der Waals surface area contributed by atoms with E-state index in [4.69, 9.17) is 0 Å². The van der Waals surface area contributed by atoms with Crippen molar-refractivity contribution in [2.75, 3.05) is 5.32 Å². The van der Waals surface area contributed by atoms with Crippen molar-refractivity contribution in [3.05, 3.63) is 76.1 Å². The van der Waals surface area contributed by atoms with Crippen LogP contribution in [0.3, 0.4) is 0 Å².